The fourth-order valence-electron chi connectivity index (χ4n) is 1.98. The molecule has 2 N–H and O–H groups in total. The molecule has 2 rings (SSSR count). The topological polar surface area (TPSA) is 80.8 Å². The molecule has 18 heavy (non-hydrogen) atoms. The van der Waals surface area contributed by atoms with Crippen molar-refractivity contribution in [1.82, 2.24) is 9.55 Å². The van der Waals surface area contributed by atoms with Crippen molar-refractivity contribution in [3.63, 3.8) is 0 Å². The summed E-state index contributed by atoms with van der Waals surface area (Å²) in [6.07, 6.45) is 0. The highest BCUT2D eigenvalue weighted by Crippen LogP contribution is 2.24. The van der Waals surface area contributed by atoms with Crippen LogP contribution >= 0.6 is 0 Å². The lowest BCUT2D eigenvalue weighted by atomic mass is 10.2. The van der Waals surface area contributed by atoms with Crippen LogP contribution in [0.5, 0.6) is 0 Å². The van der Waals surface area contributed by atoms with Crippen LogP contribution in [0.3, 0.4) is 0 Å². The van der Waals surface area contributed by atoms with Crippen molar-refractivity contribution in [2.24, 2.45) is 0 Å². The summed E-state index contributed by atoms with van der Waals surface area (Å²) in [6, 6.07) is 2.13. The van der Waals surface area contributed by atoms with Gasteiger partial charge < -0.3 is 14.7 Å². The Labute approximate surface area is 106 Å². The fraction of sp³-hybridized carbons (Fsp3) is 0.385. The molecule has 0 amide bonds. The second-order valence-corrected chi connectivity index (χ2v) is 4.42. The summed E-state index contributed by atoms with van der Waals surface area (Å²) in [5, 5.41) is 9.07. The van der Waals surface area contributed by atoms with Crippen molar-refractivity contribution in [3.8, 4) is 6.07 Å². The van der Waals surface area contributed by atoms with Crippen LogP contribution in [0.1, 0.15) is 34.2 Å². The molecule has 0 atom stereocenters. The number of hydrogen-bond acceptors (Lipinski definition) is 4. The second kappa shape index (κ2) is 4.22. The third-order valence-corrected chi connectivity index (χ3v) is 3.35. The van der Waals surface area contributed by atoms with Gasteiger partial charge in [0.05, 0.1) is 11.3 Å². The molecule has 2 heterocycles. The van der Waals surface area contributed by atoms with Crippen LogP contribution in [-0.4, -0.2) is 9.55 Å². The van der Waals surface area contributed by atoms with E-state index < -0.39 is 0 Å². The number of rotatable bonds is 2. The molecule has 0 saturated carbocycles. The lowest BCUT2D eigenvalue weighted by Crippen LogP contribution is -2.06. The lowest BCUT2D eigenvalue weighted by Gasteiger charge is -2.05. The minimum Gasteiger partial charge on any atom is -0.444 e. The van der Waals surface area contributed by atoms with E-state index in [1.807, 2.05) is 32.3 Å². The minimum atomic E-state index is 0.453. The number of aromatic nitrogens is 2. The molecule has 2 aromatic heterocycles. The smallest absolute Gasteiger partial charge is 0.214 e. The van der Waals surface area contributed by atoms with Crippen molar-refractivity contribution in [2.45, 2.75) is 34.2 Å². The molecule has 0 aliphatic rings. The van der Waals surface area contributed by atoms with Gasteiger partial charge in [0.1, 0.15) is 24.2 Å². The first-order chi connectivity index (χ1) is 8.45. The molecule has 5 heteroatoms. The minimum absolute atomic E-state index is 0.453. The molecule has 0 bridgehead atoms. The third-order valence-electron chi connectivity index (χ3n) is 3.35. The monoisotopic (exact) mass is 244 g/mol. The van der Waals surface area contributed by atoms with Crippen LogP contribution in [0.25, 0.3) is 0 Å². The van der Waals surface area contributed by atoms with Gasteiger partial charge in [-0.05, 0) is 33.3 Å². The van der Waals surface area contributed by atoms with E-state index in [1.54, 1.807) is 0 Å². The number of nitrogens with two attached hydrogens (primary N) is 1. The highest BCUT2D eigenvalue weighted by Gasteiger charge is 2.17. The van der Waals surface area contributed by atoms with Gasteiger partial charge in [0.2, 0.25) is 5.89 Å². The Kier molecular flexibility index (Phi) is 2.87. The molecule has 0 radical (unpaired) electrons. The van der Waals surface area contributed by atoms with E-state index in [4.69, 9.17) is 15.4 Å². The van der Waals surface area contributed by atoms with Gasteiger partial charge in [-0.25, -0.2) is 4.98 Å². The van der Waals surface area contributed by atoms with Crippen molar-refractivity contribution < 1.29 is 4.42 Å². The Morgan fingerprint density at radius 1 is 1.33 bits per heavy atom. The lowest BCUT2D eigenvalue weighted by molar-refractivity contribution is 0.456. The van der Waals surface area contributed by atoms with E-state index in [0.29, 0.717) is 23.8 Å². The standard InChI is InChI=1S/C13H16N4O/c1-7-9(3)17(13(15)11(7)5-14)6-12-16-8(2)10(4)18-12/h6,15H2,1-4H3. The van der Waals surface area contributed by atoms with Gasteiger partial charge >= 0.3 is 0 Å². The van der Waals surface area contributed by atoms with Crippen molar-refractivity contribution in [2.75, 3.05) is 5.73 Å². The predicted octanol–water partition coefficient (Wildman–Crippen LogP) is 2.21. The van der Waals surface area contributed by atoms with Crippen molar-refractivity contribution in [1.29, 1.82) is 5.26 Å². The number of nitriles is 1. The summed E-state index contributed by atoms with van der Waals surface area (Å²) in [5.41, 5.74) is 9.28. The Bertz CT molecular complexity index is 623. The van der Waals surface area contributed by atoms with Gasteiger partial charge in [-0.3, -0.25) is 0 Å². The largest absolute Gasteiger partial charge is 0.444 e. The van der Waals surface area contributed by atoms with E-state index >= 15 is 0 Å². The zero-order valence-corrected chi connectivity index (χ0v) is 11.0. The van der Waals surface area contributed by atoms with Gasteiger partial charge in [0, 0.05) is 5.69 Å². The van der Waals surface area contributed by atoms with Crippen molar-refractivity contribution in [3.05, 3.63) is 34.2 Å². The average molecular weight is 244 g/mol. The molecule has 0 aromatic carbocycles. The normalized spacial score (nSPS) is 10.6. The molecular formula is C13H16N4O. The maximum absolute atomic E-state index is 9.07. The molecule has 0 aliphatic carbocycles. The quantitative estimate of drug-likeness (QED) is 0.878. The van der Waals surface area contributed by atoms with Crippen LogP contribution in [0.2, 0.25) is 0 Å². The van der Waals surface area contributed by atoms with Crippen LogP contribution < -0.4 is 5.73 Å². The van der Waals surface area contributed by atoms with E-state index in [2.05, 4.69) is 11.1 Å². The van der Waals surface area contributed by atoms with Crippen LogP contribution in [-0.2, 0) is 6.54 Å². The van der Waals surface area contributed by atoms with Gasteiger partial charge in [-0.2, -0.15) is 5.26 Å². The van der Waals surface area contributed by atoms with Crippen LogP contribution in [0, 0.1) is 39.0 Å². The Morgan fingerprint density at radius 3 is 2.44 bits per heavy atom. The van der Waals surface area contributed by atoms with Crippen LogP contribution in [0.15, 0.2) is 4.42 Å². The average Bonchev–Trinajstić information content (AvgIpc) is 2.73. The molecule has 0 saturated heterocycles. The summed E-state index contributed by atoms with van der Waals surface area (Å²) < 4.78 is 7.40. The fourth-order valence-corrected chi connectivity index (χ4v) is 1.98. The van der Waals surface area contributed by atoms with Crippen molar-refractivity contribution >= 4 is 5.82 Å². The summed E-state index contributed by atoms with van der Waals surface area (Å²) in [5.74, 6) is 1.89. The molecule has 94 valence electrons. The van der Waals surface area contributed by atoms with Crippen LogP contribution in [0.4, 0.5) is 5.82 Å². The Hall–Kier alpha value is -2.22. The Balaban J connectivity index is 2.44. The Morgan fingerprint density at radius 2 is 2.00 bits per heavy atom. The first-order valence-electron chi connectivity index (χ1n) is 5.73. The zero-order valence-electron chi connectivity index (χ0n) is 11.0. The zero-order chi connectivity index (χ0) is 13.4. The van der Waals surface area contributed by atoms with Gasteiger partial charge in [-0.15, -0.1) is 0 Å². The number of hydrogen-bond donors (Lipinski definition) is 1. The van der Waals surface area contributed by atoms with E-state index in [9.17, 15) is 0 Å². The molecule has 0 unspecified atom stereocenters. The second-order valence-electron chi connectivity index (χ2n) is 4.42. The summed E-state index contributed by atoms with van der Waals surface area (Å²) in [4.78, 5) is 4.33. The van der Waals surface area contributed by atoms with E-state index in [-0.39, 0.29) is 0 Å². The summed E-state index contributed by atoms with van der Waals surface area (Å²) in [6.45, 7) is 8.07. The molecule has 5 nitrogen and oxygen atoms in total. The predicted molar refractivity (Wildman–Crippen MR) is 68.1 cm³/mol. The highest BCUT2D eigenvalue weighted by molar-refractivity contribution is 5.57. The summed E-state index contributed by atoms with van der Waals surface area (Å²) >= 11 is 0. The SMILES string of the molecule is Cc1nc(Cn2c(C)c(C)c(C#N)c2N)oc1C. The molecule has 2 aromatic rings. The molecule has 0 spiro atoms. The third kappa shape index (κ3) is 1.76. The number of aryl methyl sites for hydroxylation is 2. The first-order valence-corrected chi connectivity index (χ1v) is 5.73. The van der Waals surface area contributed by atoms with Gasteiger partial charge in [-0.1, -0.05) is 0 Å². The first kappa shape index (κ1) is 12.2. The molecule has 0 fully saturated rings. The molecular weight excluding hydrogens is 228 g/mol. The number of nitrogens with zero attached hydrogens (tertiary/aromatic N) is 3. The van der Waals surface area contributed by atoms with Gasteiger partial charge in [0.25, 0.3) is 0 Å². The number of oxazole rings is 1. The highest BCUT2D eigenvalue weighted by atomic mass is 16.4. The number of nitrogen functional groups attached to an aromatic ring is 1. The van der Waals surface area contributed by atoms with E-state index in [0.717, 1.165) is 22.7 Å². The number of anilines is 1. The van der Waals surface area contributed by atoms with Gasteiger partial charge in [0.15, 0.2) is 0 Å². The maximum Gasteiger partial charge on any atom is 0.214 e. The molecule has 0 aliphatic heterocycles. The summed E-state index contributed by atoms with van der Waals surface area (Å²) in [7, 11) is 0. The van der Waals surface area contributed by atoms with E-state index in [1.165, 1.54) is 0 Å². The maximum atomic E-state index is 9.07.